The van der Waals surface area contributed by atoms with E-state index in [9.17, 15) is 9.59 Å². The smallest absolute Gasteiger partial charge is 0.313 e. The molecule has 1 aromatic carbocycles. The van der Waals surface area contributed by atoms with Crippen molar-refractivity contribution in [1.82, 2.24) is 0 Å². The summed E-state index contributed by atoms with van der Waals surface area (Å²) < 4.78 is 10.6. The molecular weight excluding hydrogens is 376 g/mol. The van der Waals surface area contributed by atoms with Crippen molar-refractivity contribution in [2.24, 2.45) is 0 Å². The molecule has 0 aliphatic rings. The molecule has 1 aromatic rings. The van der Waals surface area contributed by atoms with Gasteiger partial charge in [-0.1, -0.05) is 84.0 Å². The second-order valence-electron chi connectivity index (χ2n) is 8.02. The average molecular weight is 419 g/mol. The fourth-order valence-corrected chi connectivity index (χ4v) is 3.49. The Labute approximate surface area is 183 Å². The molecular formula is C26H42O4. The van der Waals surface area contributed by atoms with Gasteiger partial charge in [0, 0.05) is 5.56 Å². The van der Waals surface area contributed by atoms with Crippen molar-refractivity contribution in [1.29, 1.82) is 0 Å². The molecule has 30 heavy (non-hydrogen) atoms. The van der Waals surface area contributed by atoms with Crippen LogP contribution >= 0.6 is 0 Å². The van der Waals surface area contributed by atoms with Crippen molar-refractivity contribution in [2.75, 3.05) is 13.2 Å². The number of benzene rings is 1. The summed E-state index contributed by atoms with van der Waals surface area (Å²) in [6.45, 7) is 4.99. The fourth-order valence-electron chi connectivity index (χ4n) is 3.49. The van der Waals surface area contributed by atoms with E-state index >= 15 is 0 Å². The summed E-state index contributed by atoms with van der Waals surface area (Å²) in [4.78, 5) is 23.4. The van der Waals surface area contributed by atoms with Crippen molar-refractivity contribution < 1.29 is 19.1 Å². The quantitative estimate of drug-likeness (QED) is 0.102. The van der Waals surface area contributed by atoms with Crippen LogP contribution in [-0.2, 0) is 9.53 Å². The summed E-state index contributed by atoms with van der Waals surface area (Å²) in [6.07, 6.45) is 17.2. The number of carbonyl (C=O) groups excluding carboxylic acids is 2. The van der Waals surface area contributed by atoms with E-state index in [1.807, 2.05) is 0 Å². The summed E-state index contributed by atoms with van der Waals surface area (Å²) in [5.41, 5.74) is 0.511. The maximum atomic E-state index is 12.0. The molecule has 4 heteroatoms. The first kappa shape index (κ1) is 26.2. The topological polar surface area (TPSA) is 52.6 Å². The van der Waals surface area contributed by atoms with Gasteiger partial charge in [0.1, 0.15) is 12.2 Å². The van der Waals surface area contributed by atoms with E-state index in [1.54, 1.807) is 31.2 Å². The third-order valence-corrected chi connectivity index (χ3v) is 5.30. The zero-order valence-corrected chi connectivity index (χ0v) is 19.3. The Bertz CT molecular complexity index is 565. The predicted molar refractivity (Wildman–Crippen MR) is 123 cm³/mol. The third-order valence-electron chi connectivity index (χ3n) is 5.30. The number of ether oxygens (including phenoxy) is 2. The highest BCUT2D eigenvalue weighted by atomic mass is 16.5. The predicted octanol–water partition coefficient (Wildman–Crippen LogP) is 7.29. The zero-order valence-electron chi connectivity index (χ0n) is 19.3. The second kappa shape index (κ2) is 18.0. The minimum Gasteiger partial charge on any atom is -0.494 e. The Kier molecular flexibility index (Phi) is 15.7. The number of esters is 1. The van der Waals surface area contributed by atoms with Gasteiger partial charge in [-0.25, -0.2) is 0 Å². The van der Waals surface area contributed by atoms with Gasteiger partial charge in [0.2, 0.25) is 0 Å². The van der Waals surface area contributed by atoms with Gasteiger partial charge in [0.15, 0.2) is 5.78 Å². The normalized spacial score (nSPS) is 10.7. The minimum atomic E-state index is -0.481. The van der Waals surface area contributed by atoms with Crippen LogP contribution in [-0.4, -0.2) is 25.0 Å². The Hall–Kier alpha value is -1.84. The first-order chi connectivity index (χ1) is 14.7. The van der Waals surface area contributed by atoms with Gasteiger partial charge >= 0.3 is 5.97 Å². The van der Waals surface area contributed by atoms with Crippen LogP contribution in [0.3, 0.4) is 0 Å². The molecule has 0 fully saturated rings. The largest absolute Gasteiger partial charge is 0.494 e. The van der Waals surface area contributed by atoms with Crippen LogP contribution in [0.4, 0.5) is 0 Å². The van der Waals surface area contributed by atoms with Gasteiger partial charge in [-0.2, -0.15) is 0 Å². The lowest BCUT2D eigenvalue weighted by atomic mass is 10.0. The first-order valence-corrected chi connectivity index (χ1v) is 12.1. The number of carbonyl (C=O) groups is 2. The summed E-state index contributed by atoms with van der Waals surface area (Å²) in [7, 11) is 0. The number of hydrogen-bond donors (Lipinski definition) is 0. The zero-order chi connectivity index (χ0) is 21.9. The molecule has 170 valence electrons. The van der Waals surface area contributed by atoms with Gasteiger partial charge in [0.05, 0.1) is 13.2 Å². The van der Waals surface area contributed by atoms with Crippen molar-refractivity contribution in [3.05, 3.63) is 29.8 Å². The highest BCUT2D eigenvalue weighted by molar-refractivity contribution is 6.05. The molecule has 4 nitrogen and oxygen atoms in total. The molecule has 0 saturated carbocycles. The van der Waals surface area contributed by atoms with E-state index in [0.29, 0.717) is 12.2 Å². The van der Waals surface area contributed by atoms with Crippen molar-refractivity contribution in [3.8, 4) is 5.75 Å². The third kappa shape index (κ3) is 13.4. The summed E-state index contributed by atoms with van der Waals surface area (Å²) >= 11 is 0. The lowest BCUT2D eigenvalue weighted by molar-refractivity contribution is -0.141. The Morgan fingerprint density at radius 1 is 0.700 bits per heavy atom. The van der Waals surface area contributed by atoms with Gasteiger partial charge < -0.3 is 9.47 Å². The molecule has 0 spiro atoms. The lowest BCUT2D eigenvalue weighted by Crippen LogP contribution is -2.11. The molecule has 0 heterocycles. The lowest BCUT2D eigenvalue weighted by Gasteiger charge is -2.07. The SMILES string of the molecule is CCCCCCCCCCCCCCCOc1ccc(C(=O)CC(=O)OCC)cc1. The van der Waals surface area contributed by atoms with Crippen LogP contribution < -0.4 is 4.74 Å². The molecule has 0 aliphatic heterocycles. The van der Waals surface area contributed by atoms with E-state index in [4.69, 9.17) is 9.47 Å². The molecule has 0 amide bonds. The molecule has 0 saturated heterocycles. The number of ketones is 1. The van der Waals surface area contributed by atoms with E-state index in [1.165, 1.54) is 77.0 Å². The highest BCUT2D eigenvalue weighted by Gasteiger charge is 2.12. The molecule has 0 unspecified atom stereocenters. The van der Waals surface area contributed by atoms with Crippen LogP contribution in [0, 0.1) is 0 Å². The van der Waals surface area contributed by atoms with Gasteiger partial charge in [-0.3, -0.25) is 9.59 Å². The van der Waals surface area contributed by atoms with Crippen LogP contribution in [0.1, 0.15) is 114 Å². The molecule has 0 radical (unpaired) electrons. The Morgan fingerprint density at radius 3 is 1.70 bits per heavy atom. The summed E-state index contributed by atoms with van der Waals surface area (Å²) in [6, 6.07) is 7.00. The van der Waals surface area contributed by atoms with Crippen molar-refractivity contribution in [3.63, 3.8) is 0 Å². The minimum absolute atomic E-state index is 0.215. The van der Waals surface area contributed by atoms with E-state index in [-0.39, 0.29) is 18.8 Å². The fraction of sp³-hybridized carbons (Fsp3) is 0.692. The van der Waals surface area contributed by atoms with Crippen molar-refractivity contribution >= 4 is 11.8 Å². The van der Waals surface area contributed by atoms with Crippen LogP contribution in [0.25, 0.3) is 0 Å². The van der Waals surface area contributed by atoms with Gasteiger partial charge in [0.25, 0.3) is 0 Å². The van der Waals surface area contributed by atoms with E-state index < -0.39 is 5.97 Å². The molecule has 0 atom stereocenters. The number of hydrogen-bond acceptors (Lipinski definition) is 4. The van der Waals surface area contributed by atoms with Crippen LogP contribution in [0.5, 0.6) is 5.75 Å². The Balaban J connectivity index is 1.99. The highest BCUT2D eigenvalue weighted by Crippen LogP contribution is 2.15. The molecule has 1 rings (SSSR count). The number of rotatable bonds is 19. The monoisotopic (exact) mass is 418 g/mol. The Morgan fingerprint density at radius 2 is 1.20 bits per heavy atom. The maximum absolute atomic E-state index is 12.0. The summed E-state index contributed by atoms with van der Waals surface area (Å²) in [5, 5.41) is 0. The molecule has 0 N–H and O–H groups in total. The van der Waals surface area contributed by atoms with Gasteiger partial charge in [-0.15, -0.1) is 0 Å². The van der Waals surface area contributed by atoms with E-state index in [2.05, 4.69) is 6.92 Å². The molecule has 0 aromatic heterocycles. The second-order valence-corrected chi connectivity index (χ2v) is 8.02. The van der Waals surface area contributed by atoms with Crippen LogP contribution in [0.15, 0.2) is 24.3 Å². The van der Waals surface area contributed by atoms with Crippen LogP contribution in [0.2, 0.25) is 0 Å². The number of unbranched alkanes of at least 4 members (excludes halogenated alkanes) is 12. The molecule has 0 bridgehead atoms. The summed E-state index contributed by atoms with van der Waals surface area (Å²) in [5.74, 6) is 0.0587. The van der Waals surface area contributed by atoms with Gasteiger partial charge in [-0.05, 0) is 37.6 Å². The standard InChI is InChI=1S/C26H42O4/c1-3-5-6-7-8-9-10-11-12-13-14-15-16-21-30-24-19-17-23(18-20-24)25(27)22-26(28)29-4-2/h17-20H,3-16,21-22H2,1-2H3. The first-order valence-electron chi connectivity index (χ1n) is 12.1. The maximum Gasteiger partial charge on any atom is 0.313 e. The molecule has 0 aliphatic carbocycles. The number of Topliss-reactive ketones (excluding diaryl/α,β-unsaturated/α-hetero) is 1. The average Bonchev–Trinajstić information content (AvgIpc) is 2.74. The van der Waals surface area contributed by atoms with E-state index in [0.717, 1.165) is 12.2 Å². The van der Waals surface area contributed by atoms with Crippen molar-refractivity contribution in [2.45, 2.75) is 104 Å².